The van der Waals surface area contributed by atoms with Crippen LogP contribution < -0.4 is 10.1 Å². The third-order valence-electron chi connectivity index (χ3n) is 2.39. The summed E-state index contributed by atoms with van der Waals surface area (Å²) in [4.78, 5) is 14.3. The molecule has 2 rings (SSSR count). The van der Waals surface area contributed by atoms with E-state index in [-0.39, 0.29) is 12.2 Å². The molecular weight excluding hydrogens is 252 g/mol. The summed E-state index contributed by atoms with van der Waals surface area (Å²) in [5, 5.41) is 17.3. The van der Waals surface area contributed by atoms with E-state index in [2.05, 4.69) is 15.5 Å². The van der Waals surface area contributed by atoms with Crippen molar-refractivity contribution in [3.8, 4) is 5.75 Å². The van der Waals surface area contributed by atoms with Crippen molar-refractivity contribution in [1.29, 1.82) is 0 Å². The molecule has 0 unspecified atom stereocenters. The Hall–Kier alpha value is -2.64. The van der Waals surface area contributed by atoms with Crippen LogP contribution >= 0.6 is 0 Å². The fourth-order valence-electron chi connectivity index (χ4n) is 1.53. The first kappa shape index (κ1) is 12.8. The minimum atomic E-state index is -0.471. The van der Waals surface area contributed by atoms with Crippen LogP contribution in [0.4, 0.5) is 11.4 Å². The van der Waals surface area contributed by atoms with Crippen LogP contribution in [-0.4, -0.2) is 22.2 Å². The third-order valence-corrected chi connectivity index (χ3v) is 2.39. The molecule has 0 amide bonds. The zero-order valence-electron chi connectivity index (χ0n) is 10.4. The van der Waals surface area contributed by atoms with E-state index in [0.717, 1.165) is 0 Å². The first-order valence-electron chi connectivity index (χ1n) is 5.45. The van der Waals surface area contributed by atoms with Gasteiger partial charge in [-0.05, 0) is 13.0 Å². The quantitative estimate of drug-likeness (QED) is 0.649. The smallest absolute Gasteiger partial charge is 0.271 e. The van der Waals surface area contributed by atoms with Gasteiger partial charge >= 0.3 is 0 Å². The number of nitrogens with one attached hydrogen (secondary N) is 1. The van der Waals surface area contributed by atoms with E-state index < -0.39 is 4.92 Å². The molecule has 8 heteroatoms. The van der Waals surface area contributed by atoms with E-state index in [1.165, 1.54) is 25.3 Å². The van der Waals surface area contributed by atoms with Gasteiger partial charge in [0.15, 0.2) is 5.82 Å². The van der Waals surface area contributed by atoms with E-state index in [1.54, 1.807) is 6.92 Å². The Morgan fingerprint density at radius 2 is 2.32 bits per heavy atom. The number of benzene rings is 1. The van der Waals surface area contributed by atoms with Crippen LogP contribution in [0.3, 0.4) is 0 Å². The molecule has 0 aliphatic rings. The number of non-ortho nitro benzene ring substituents is 1. The average molecular weight is 264 g/mol. The fraction of sp³-hybridized carbons (Fsp3) is 0.273. The number of nitro benzene ring substituents is 1. The van der Waals surface area contributed by atoms with Crippen molar-refractivity contribution in [1.82, 2.24) is 10.1 Å². The molecule has 0 fully saturated rings. The largest absolute Gasteiger partial charge is 0.495 e. The van der Waals surface area contributed by atoms with Gasteiger partial charge in [0.05, 0.1) is 24.3 Å². The van der Waals surface area contributed by atoms with Gasteiger partial charge in [0, 0.05) is 12.1 Å². The van der Waals surface area contributed by atoms with Gasteiger partial charge in [-0.1, -0.05) is 5.16 Å². The molecule has 1 heterocycles. The van der Waals surface area contributed by atoms with Gasteiger partial charge in [-0.3, -0.25) is 10.1 Å². The Balaban J connectivity index is 2.17. The summed E-state index contributed by atoms with van der Waals surface area (Å²) in [5.41, 5.74) is 0.470. The van der Waals surface area contributed by atoms with Crippen molar-refractivity contribution in [2.75, 3.05) is 12.4 Å². The highest BCUT2D eigenvalue weighted by Crippen LogP contribution is 2.29. The maximum Gasteiger partial charge on any atom is 0.271 e. The SMILES string of the molecule is COc1ccc([N+](=O)[O-])cc1NCc1nc(C)no1. The summed E-state index contributed by atoms with van der Waals surface area (Å²) in [7, 11) is 1.49. The van der Waals surface area contributed by atoms with Gasteiger partial charge in [-0.25, -0.2) is 0 Å². The second kappa shape index (κ2) is 5.34. The highest BCUT2D eigenvalue weighted by molar-refractivity contribution is 5.61. The molecule has 0 saturated carbocycles. The van der Waals surface area contributed by atoms with Crippen LogP contribution in [0.2, 0.25) is 0 Å². The molecular formula is C11H12N4O4. The lowest BCUT2D eigenvalue weighted by atomic mass is 10.2. The molecule has 0 bridgehead atoms. The molecule has 8 nitrogen and oxygen atoms in total. The van der Waals surface area contributed by atoms with Crippen LogP contribution in [0.5, 0.6) is 5.75 Å². The summed E-state index contributed by atoms with van der Waals surface area (Å²) < 4.78 is 10.1. The highest BCUT2D eigenvalue weighted by Gasteiger charge is 2.12. The van der Waals surface area contributed by atoms with Gasteiger partial charge in [-0.15, -0.1) is 0 Å². The van der Waals surface area contributed by atoms with E-state index in [0.29, 0.717) is 23.2 Å². The molecule has 1 aromatic heterocycles. The molecule has 0 saturated heterocycles. The summed E-state index contributed by atoms with van der Waals surface area (Å²) in [6, 6.07) is 4.29. The Labute approximate surface area is 108 Å². The average Bonchev–Trinajstić information content (AvgIpc) is 2.81. The van der Waals surface area contributed by atoms with Crippen molar-refractivity contribution < 1.29 is 14.2 Å². The maximum absolute atomic E-state index is 10.7. The van der Waals surface area contributed by atoms with E-state index in [4.69, 9.17) is 9.26 Å². The van der Waals surface area contributed by atoms with Crippen LogP contribution in [0.25, 0.3) is 0 Å². The van der Waals surface area contributed by atoms with E-state index in [9.17, 15) is 10.1 Å². The lowest BCUT2D eigenvalue weighted by Gasteiger charge is -2.09. The van der Waals surface area contributed by atoms with E-state index >= 15 is 0 Å². The van der Waals surface area contributed by atoms with Crippen molar-refractivity contribution in [2.24, 2.45) is 0 Å². The van der Waals surface area contributed by atoms with Crippen molar-refractivity contribution in [2.45, 2.75) is 13.5 Å². The second-order valence-electron chi connectivity index (χ2n) is 3.73. The number of aromatic nitrogens is 2. The van der Waals surface area contributed by atoms with Crippen molar-refractivity contribution in [3.05, 3.63) is 40.0 Å². The number of rotatable bonds is 5. The van der Waals surface area contributed by atoms with Gasteiger partial charge in [0.2, 0.25) is 5.89 Å². The normalized spacial score (nSPS) is 10.2. The fourth-order valence-corrected chi connectivity index (χ4v) is 1.53. The standard InChI is InChI=1S/C11H12N4O4/c1-7-13-11(19-14-7)6-12-9-5-8(15(16)17)3-4-10(9)18-2/h3-5,12H,6H2,1-2H3. The number of methoxy groups -OCH3 is 1. The predicted octanol–water partition coefficient (Wildman–Crippen LogP) is 1.91. The Kier molecular flexibility index (Phi) is 3.60. The second-order valence-corrected chi connectivity index (χ2v) is 3.73. The number of ether oxygens (including phenoxy) is 1. The summed E-state index contributed by atoms with van der Waals surface area (Å²) in [6.07, 6.45) is 0. The summed E-state index contributed by atoms with van der Waals surface area (Å²) in [5.74, 6) is 1.43. The lowest BCUT2D eigenvalue weighted by Crippen LogP contribution is -2.02. The lowest BCUT2D eigenvalue weighted by molar-refractivity contribution is -0.384. The van der Waals surface area contributed by atoms with Gasteiger partial charge in [-0.2, -0.15) is 4.98 Å². The molecule has 0 atom stereocenters. The molecule has 1 N–H and O–H groups in total. The van der Waals surface area contributed by atoms with Crippen molar-refractivity contribution >= 4 is 11.4 Å². The van der Waals surface area contributed by atoms with Gasteiger partial charge < -0.3 is 14.6 Å². The first-order valence-corrected chi connectivity index (χ1v) is 5.45. The summed E-state index contributed by atoms with van der Waals surface area (Å²) in [6.45, 7) is 1.97. The molecule has 0 aliphatic carbocycles. The minimum absolute atomic E-state index is 0.0231. The minimum Gasteiger partial charge on any atom is -0.495 e. The first-order chi connectivity index (χ1) is 9.10. The van der Waals surface area contributed by atoms with Crippen molar-refractivity contribution in [3.63, 3.8) is 0 Å². The van der Waals surface area contributed by atoms with Gasteiger partial charge in [0.25, 0.3) is 5.69 Å². The van der Waals surface area contributed by atoms with Crippen LogP contribution in [0.1, 0.15) is 11.7 Å². The molecule has 1 aromatic carbocycles. The Bertz CT molecular complexity index is 596. The Morgan fingerprint density at radius 3 is 2.89 bits per heavy atom. The number of anilines is 1. The molecule has 0 aliphatic heterocycles. The topological polar surface area (TPSA) is 103 Å². The monoisotopic (exact) mass is 264 g/mol. The van der Waals surface area contributed by atoms with Gasteiger partial charge in [0.1, 0.15) is 5.75 Å². The molecule has 0 radical (unpaired) electrons. The number of hydrogen-bond donors (Lipinski definition) is 1. The number of nitro groups is 1. The number of aryl methyl sites for hydroxylation is 1. The number of hydrogen-bond acceptors (Lipinski definition) is 7. The number of nitrogens with zero attached hydrogens (tertiary/aromatic N) is 3. The summed E-state index contributed by atoms with van der Waals surface area (Å²) >= 11 is 0. The molecule has 0 spiro atoms. The van der Waals surface area contributed by atoms with E-state index in [1.807, 2.05) is 0 Å². The molecule has 19 heavy (non-hydrogen) atoms. The molecule has 2 aromatic rings. The predicted molar refractivity (Wildman–Crippen MR) is 66.0 cm³/mol. The maximum atomic E-state index is 10.7. The van der Waals surface area contributed by atoms with Crippen LogP contribution in [-0.2, 0) is 6.54 Å². The van der Waals surface area contributed by atoms with Crippen LogP contribution in [0.15, 0.2) is 22.7 Å². The highest BCUT2D eigenvalue weighted by atomic mass is 16.6. The zero-order valence-corrected chi connectivity index (χ0v) is 10.4. The zero-order chi connectivity index (χ0) is 13.8. The third kappa shape index (κ3) is 2.97. The Morgan fingerprint density at radius 1 is 1.53 bits per heavy atom. The van der Waals surface area contributed by atoms with Crippen LogP contribution in [0, 0.1) is 17.0 Å². The molecule has 100 valence electrons.